The molecule has 114 valence electrons. The van der Waals surface area contributed by atoms with E-state index in [2.05, 4.69) is 11.0 Å². The highest BCUT2D eigenvalue weighted by Gasteiger charge is 2.20. The summed E-state index contributed by atoms with van der Waals surface area (Å²) in [5.74, 6) is -0.240. The largest absolute Gasteiger partial charge is 0.378 e. The molecular formula is C16H22FN3O. The van der Waals surface area contributed by atoms with Gasteiger partial charge >= 0.3 is 0 Å². The van der Waals surface area contributed by atoms with Crippen LogP contribution < -0.4 is 5.73 Å². The third-order valence-electron chi connectivity index (χ3n) is 3.81. The Morgan fingerprint density at radius 2 is 2.14 bits per heavy atom. The number of nitriles is 1. The Hall–Kier alpha value is -1.48. The minimum atomic E-state index is -0.240. The minimum Gasteiger partial charge on any atom is -0.378 e. The first-order chi connectivity index (χ1) is 10.2. The van der Waals surface area contributed by atoms with Crippen LogP contribution >= 0.6 is 0 Å². The van der Waals surface area contributed by atoms with Gasteiger partial charge in [0, 0.05) is 31.8 Å². The minimum absolute atomic E-state index is 0.240. The highest BCUT2D eigenvalue weighted by molar-refractivity contribution is 5.33. The molecule has 1 aromatic rings. The molecule has 1 saturated heterocycles. The van der Waals surface area contributed by atoms with Crippen LogP contribution in [-0.4, -0.2) is 37.2 Å². The van der Waals surface area contributed by atoms with Gasteiger partial charge in [0.15, 0.2) is 0 Å². The van der Waals surface area contributed by atoms with E-state index in [1.807, 2.05) is 0 Å². The molecule has 0 radical (unpaired) electrons. The summed E-state index contributed by atoms with van der Waals surface area (Å²) in [6, 6.07) is 6.57. The van der Waals surface area contributed by atoms with E-state index in [4.69, 9.17) is 15.7 Å². The predicted octanol–water partition coefficient (Wildman–Crippen LogP) is 2.03. The zero-order valence-corrected chi connectivity index (χ0v) is 12.2. The van der Waals surface area contributed by atoms with Crippen LogP contribution in [0.2, 0.25) is 0 Å². The number of likely N-dealkylation sites (tertiary alicyclic amines) is 1. The Bertz CT molecular complexity index is 493. The van der Waals surface area contributed by atoms with Gasteiger partial charge in [-0.1, -0.05) is 0 Å². The lowest BCUT2D eigenvalue weighted by atomic mass is 10.1. The quantitative estimate of drug-likeness (QED) is 0.815. The summed E-state index contributed by atoms with van der Waals surface area (Å²) in [6.45, 7) is 3.72. The van der Waals surface area contributed by atoms with Crippen LogP contribution in [0.3, 0.4) is 0 Å². The molecule has 1 aliphatic rings. The summed E-state index contributed by atoms with van der Waals surface area (Å²) >= 11 is 0. The maximum atomic E-state index is 13.8. The zero-order chi connectivity index (χ0) is 15.1. The fraction of sp³-hybridized carbons (Fsp3) is 0.562. The lowest BCUT2D eigenvalue weighted by Crippen LogP contribution is -2.37. The molecule has 2 rings (SSSR count). The first kappa shape index (κ1) is 15.9. The molecule has 0 unspecified atom stereocenters. The van der Waals surface area contributed by atoms with Gasteiger partial charge in [-0.2, -0.15) is 5.26 Å². The monoisotopic (exact) mass is 291 g/mol. The molecular weight excluding hydrogens is 269 g/mol. The van der Waals surface area contributed by atoms with Crippen LogP contribution in [0.5, 0.6) is 0 Å². The molecule has 0 aromatic heterocycles. The highest BCUT2D eigenvalue weighted by atomic mass is 19.1. The smallest absolute Gasteiger partial charge is 0.127 e. The molecule has 1 aliphatic heterocycles. The first-order valence-corrected chi connectivity index (χ1v) is 7.45. The summed E-state index contributed by atoms with van der Waals surface area (Å²) in [5, 5.41) is 8.88. The number of nitrogens with two attached hydrogens (primary N) is 1. The van der Waals surface area contributed by atoms with Crippen molar-refractivity contribution in [1.82, 2.24) is 4.90 Å². The van der Waals surface area contributed by atoms with Crippen molar-refractivity contribution in [2.75, 3.05) is 26.2 Å². The lowest BCUT2D eigenvalue weighted by Gasteiger charge is -2.32. The van der Waals surface area contributed by atoms with Crippen LogP contribution in [0.15, 0.2) is 18.2 Å². The summed E-state index contributed by atoms with van der Waals surface area (Å²) in [6.07, 6.45) is 3.11. The Balaban J connectivity index is 1.82. The summed E-state index contributed by atoms with van der Waals surface area (Å²) in [7, 11) is 0. The molecule has 0 spiro atoms. The Labute approximate surface area is 125 Å². The van der Waals surface area contributed by atoms with Crippen molar-refractivity contribution in [1.29, 1.82) is 5.26 Å². The number of nitrogens with zero attached hydrogens (tertiary/aromatic N) is 2. The molecule has 4 nitrogen and oxygen atoms in total. The van der Waals surface area contributed by atoms with E-state index < -0.39 is 0 Å². The number of benzene rings is 1. The van der Waals surface area contributed by atoms with Crippen molar-refractivity contribution >= 4 is 0 Å². The van der Waals surface area contributed by atoms with Gasteiger partial charge in [-0.05, 0) is 44.0 Å². The van der Waals surface area contributed by atoms with Crippen molar-refractivity contribution in [3.8, 4) is 6.07 Å². The molecule has 0 saturated carbocycles. The van der Waals surface area contributed by atoms with Gasteiger partial charge in [-0.15, -0.1) is 0 Å². The molecule has 0 atom stereocenters. The van der Waals surface area contributed by atoms with E-state index >= 15 is 0 Å². The predicted molar refractivity (Wildman–Crippen MR) is 79.0 cm³/mol. The van der Waals surface area contributed by atoms with Gasteiger partial charge < -0.3 is 10.5 Å². The molecule has 1 heterocycles. The van der Waals surface area contributed by atoms with Gasteiger partial charge in [-0.25, -0.2) is 4.39 Å². The second kappa shape index (κ2) is 8.08. The molecule has 0 amide bonds. The summed E-state index contributed by atoms with van der Waals surface area (Å²) < 4.78 is 19.5. The van der Waals surface area contributed by atoms with Crippen LogP contribution in [0.25, 0.3) is 0 Å². The third-order valence-corrected chi connectivity index (χ3v) is 3.81. The van der Waals surface area contributed by atoms with Crippen LogP contribution in [0.1, 0.15) is 30.4 Å². The van der Waals surface area contributed by atoms with Crippen molar-refractivity contribution in [3.05, 3.63) is 35.1 Å². The van der Waals surface area contributed by atoms with E-state index in [-0.39, 0.29) is 5.82 Å². The highest BCUT2D eigenvalue weighted by Crippen LogP contribution is 2.18. The molecule has 2 N–H and O–H groups in total. The topological polar surface area (TPSA) is 62.3 Å². The second-order valence-electron chi connectivity index (χ2n) is 5.41. The molecule has 0 aliphatic carbocycles. The van der Waals surface area contributed by atoms with E-state index in [9.17, 15) is 4.39 Å². The van der Waals surface area contributed by atoms with Gasteiger partial charge in [-0.3, -0.25) is 4.90 Å². The fourth-order valence-electron chi connectivity index (χ4n) is 2.57. The van der Waals surface area contributed by atoms with Crippen LogP contribution in [0.4, 0.5) is 4.39 Å². The number of piperidine rings is 1. The van der Waals surface area contributed by atoms with E-state index in [0.29, 0.717) is 30.3 Å². The fourth-order valence-corrected chi connectivity index (χ4v) is 2.57. The average Bonchev–Trinajstić information content (AvgIpc) is 2.51. The molecule has 5 heteroatoms. The third kappa shape index (κ3) is 4.78. The van der Waals surface area contributed by atoms with E-state index in [0.717, 1.165) is 39.0 Å². The van der Waals surface area contributed by atoms with Gasteiger partial charge in [0.1, 0.15) is 5.82 Å². The molecule has 1 fully saturated rings. The normalized spacial score (nSPS) is 16.8. The molecule has 0 bridgehead atoms. The SMILES string of the molecule is N#Cc1ccc(F)c(CN2CCC(OCCCN)CC2)c1. The first-order valence-electron chi connectivity index (χ1n) is 7.45. The van der Waals surface area contributed by atoms with Crippen molar-refractivity contribution in [2.45, 2.75) is 31.9 Å². The zero-order valence-electron chi connectivity index (χ0n) is 12.2. The molecule has 1 aromatic carbocycles. The van der Waals surface area contributed by atoms with Gasteiger partial charge in [0.05, 0.1) is 17.7 Å². The number of hydrogen-bond acceptors (Lipinski definition) is 4. The van der Waals surface area contributed by atoms with Gasteiger partial charge in [0.2, 0.25) is 0 Å². The van der Waals surface area contributed by atoms with Crippen LogP contribution in [-0.2, 0) is 11.3 Å². The second-order valence-corrected chi connectivity index (χ2v) is 5.41. The average molecular weight is 291 g/mol. The van der Waals surface area contributed by atoms with Crippen LogP contribution in [0, 0.1) is 17.1 Å². The van der Waals surface area contributed by atoms with E-state index in [1.165, 1.54) is 12.1 Å². The Kier molecular flexibility index (Phi) is 6.12. The Morgan fingerprint density at radius 3 is 2.81 bits per heavy atom. The number of ether oxygens (including phenoxy) is 1. The van der Waals surface area contributed by atoms with Crippen molar-refractivity contribution in [2.24, 2.45) is 5.73 Å². The van der Waals surface area contributed by atoms with Gasteiger partial charge in [0.25, 0.3) is 0 Å². The van der Waals surface area contributed by atoms with E-state index in [1.54, 1.807) is 6.07 Å². The maximum absolute atomic E-state index is 13.8. The maximum Gasteiger partial charge on any atom is 0.127 e. The van der Waals surface area contributed by atoms with Crippen molar-refractivity contribution in [3.63, 3.8) is 0 Å². The summed E-state index contributed by atoms with van der Waals surface area (Å²) in [4.78, 5) is 2.21. The van der Waals surface area contributed by atoms with Crippen molar-refractivity contribution < 1.29 is 9.13 Å². The Morgan fingerprint density at radius 1 is 1.38 bits per heavy atom. The number of hydrogen-bond donors (Lipinski definition) is 1. The number of rotatable bonds is 6. The standard InChI is InChI=1S/C16H22FN3O/c17-16-3-2-13(11-19)10-14(16)12-20-7-4-15(5-8-20)21-9-1-6-18/h2-3,10,15H,1,4-9,12,18H2. The number of halogens is 1. The molecule has 21 heavy (non-hydrogen) atoms. The lowest BCUT2D eigenvalue weighted by molar-refractivity contribution is 0.00546. The summed E-state index contributed by atoms with van der Waals surface area (Å²) in [5.41, 5.74) is 6.54.